The first-order valence-electron chi connectivity index (χ1n) is 9.15. The van der Waals surface area contributed by atoms with Gasteiger partial charge in [-0.25, -0.2) is 4.79 Å². The Labute approximate surface area is 158 Å². The third-order valence-corrected chi connectivity index (χ3v) is 4.37. The Morgan fingerprint density at radius 1 is 1.22 bits per heavy atom. The number of rotatable bonds is 8. The number of carbonyl (C=O) groups excluding carboxylic acids is 1. The number of hydrogen-bond acceptors (Lipinski definition) is 4. The maximum Gasteiger partial charge on any atom is 0.319 e. The molecule has 144 valence electrons. The molecule has 2 amide bonds. The van der Waals surface area contributed by atoms with Crippen molar-refractivity contribution in [2.45, 2.75) is 13.0 Å². The van der Waals surface area contributed by atoms with E-state index in [1.165, 1.54) is 6.07 Å². The Bertz CT molecular complexity index is 782. The number of nitrogens with one attached hydrogen (secondary N) is 2. The summed E-state index contributed by atoms with van der Waals surface area (Å²) in [5.74, 6) is 0.476. The lowest BCUT2D eigenvalue weighted by Crippen LogP contribution is -2.32. The summed E-state index contributed by atoms with van der Waals surface area (Å²) < 4.78 is 12.5. The van der Waals surface area contributed by atoms with Crippen LogP contribution in [-0.4, -0.2) is 43.6 Å². The van der Waals surface area contributed by atoms with Crippen molar-refractivity contribution >= 4 is 11.7 Å². The normalized spacial score (nSPS) is 16.2. The number of hydrogen-bond donors (Lipinski definition) is 2. The average molecular weight is 371 g/mol. The maximum absolute atomic E-state index is 11.9. The van der Waals surface area contributed by atoms with Crippen LogP contribution in [-0.2, 0) is 16.0 Å². The second-order valence-electron chi connectivity index (χ2n) is 6.55. The van der Waals surface area contributed by atoms with Gasteiger partial charge in [0.15, 0.2) is 0 Å². The molecule has 0 saturated carbocycles. The van der Waals surface area contributed by atoms with Gasteiger partial charge < -0.3 is 24.7 Å². The molecular weight excluding hydrogens is 346 g/mol. The quantitative estimate of drug-likeness (QED) is 0.696. The zero-order chi connectivity index (χ0) is 18.9. The van der Waals surface area contributed by atoms with Crippen molar-refractivity contribution in [3.63, 3.8) is 0 Å². The molecule has 0 unspecified atom stereocenters. The Kier molecular flexibility index (Phi) is 7.01. The summed E-state index contributed by atoms with van der Waals surface area (Å²) in [5, 5.41) is 5.55. The summed E-state index contributed by atoms with van der Waals surface area (Å²) in [6.45, 7) is 3.69. The summed E-state index contributed by atoms with van der Waals surface area (Å²) in [6, 6.07) is 12.2. The zero-order valence-corrected chi connectivity index (χ0v) is 15.2. The molecule has 1 aromatic carbocycles. The third kappa shape index (κ3) is 6.23. The highest BCUT2D eigenvalue weighted by molar-refractivity contribution is 5.89. The van der Waals surface area contributed by atoms with Gasteiger partial charge in [-0.15, -0.1) is 0 Å². The van der Waals surface area contributed by atoms with E-state index in [-0.39, 0.29) is 11.6 Å². The third-order valence-electron chi connectivity index (χ3n) is 4.37. The largest absolute Gasteiger partial charge is 0.381 e. The number of ether oxygens (including phenoxy) is 2. The molecule has 1 aliphatic rings. The molecule has 2 heterocycles. The molecule has 2 N–H and O–H groups in total. The number of nitrogens with zero attached hydrogens (tertiary/aromatic N) is 1. The number of pyridine rings is 1. The number of aromatic nitrogens is 1. The molecule has 7 nitrogen and oxygen atoms in total. The van der Waals surface area contributed by atoms with E-state index in [0.29, 0.717) is 37.9 Å². The molecule has 3 rings (SSSR count). The van der Waals surface area contributed by atoms with Crippen LogP contribution in [0, 0.1) is 5.92 Å². The molecule has 1 atom stereocenters. The maximum atomic E-state index is 11.9. The van der Waals surface area contributed by atoms with Gasteiger partial charge in [0, 0.05) is 37.0 Å². The van der Waals surface area contributed by atoms with E-state index in [4.69, 9.17) is 9.47 Å². The number of anilines is 1. The van der Waals surface area contributed by atoms with Crippen LogP contribution < -0.4 is 16.2 Å². The van der Waals surface area contributed by atoms with E-state index in [2.05, 4.69) is 10.6 Å². The van der Waals surface area contributed by atoms with E-state index >= 15 is 0 Å². The minimum Gasteiger partial charge on any atom is -0.381 e. The van der Waals surface area contributed by atoms with Crippen molar-refractivity contribution < 1.29 is 14.3 Å². The highest BCUT2D eigenvalue weighted by atomic mass is 16.5. The number of amides is 2. The van der Waals surface area contributed by atoms with E-state index < -0.39 is 0 Å². The van der Waals surface area contributed by atoms with Crippen molar-refractivity contribution in [2.24, 2.45) is 5.92 Å². The van der Waals surface area contributed by atoms with Gasteiger partial charge in [-0.2, -0.15) is 0 Å². The van der Waals surface area contributed by atoms with Crippen LogP contribution >= 0.6 is 0 Å². The summed E-state index contributed by atoms with van der Waals surface area (Å²) in [5.41, 5.74) is 1.64. The first-order valence-corrected chi connectivity index (χ1v) is 9.15. The van der Waals surface area contributed by atoms with E-state index in [1.807, 2.05) is 30.3 Å². The van der Waals surface area contributed by atoms with Crippen molar-refractivity contribution in [2.75, 3.05) is 38.3 Å². The SMILES string of the molecule is O=C(NCCOC[C@@H]1CCOC1)Nc1ccc(Cn2ccccc2=O)cc1. The molecule has 1 saturated heterocycles. The first-order chi connectivity index (χ1) is 13.2. The number of benzene rings is 1. The fourth-order valence-electron chi connectivity index (χ4n) is 2.86. The van der Waals surface area contributed by atoms with Crippen LogP contribution in [0.3, 0.4) is 0 Å². The van der Waals surface area contributed by atoms with Crippen molar-refractivity contribution in [1.29, 1.82) is 0 Å². The Morgan fingerprint density at radius 2 is 2.07 bits per heavy atom. The Morgan fingerprint density at radius 3 is 2.81 bits per heavy atom. The first kappa shape index (κ1) is 19.1. The van der Waals surface area contributed by atoms with Crippen LogP contribution in [0.4, 0.5) is 10.5 Å². The van der Waals surface area contributed by atoms with Crippen LogP contribution in [0.15, 0.2) is 53.5 Å². The Balaban J connectivity index is 1.36. The van der Waals surface area contributed by atoms with Gasteiger partial charge in [-0.1, -0.05) is 18.2 Å². The van der Waals surface area contributed by atoms with Gasteiger partial charge in [0.05, 0.1) is 26.4 Å². The van der Waals surface area contributed by atoms with Crippen LogP contribution in [0.5, 0.6) is 0 Å². The van der Waals surface area contributed by atoms with E-state index in [0.717, 1.165) is 25.2 Å². The van der Waals surface area contributed by atoms with Gasteiger partial charge in [-0.3, -0.25) is 4.79 Å². The van der Waals surface area contributed by atoms with Crippen LogP contribution in [0.25, 0.3) is 0 Å². The van der Waals surface area contributed by atoms with Crippen LogP contribution in [0.1, 0.15) is 12.0 Å². The summed E-state index contributed by atoms with van der Waals surface area (Å²) in [4.78, 5) is 23.6. The standard InChI is InChI=1S/C20H25N3O4/c24-19-3-1-2-10-23(19)13-16-4-6-18(7-5-16)22-20(25)21-9-12-27-15-17-8-11-26-14-17/h1-7,10,17H,8-9,11-15H2,(H2,21,22,25)/t17-/m1/s1. The second kappa shape index (κ2) is 9.89. The fraction of sp³-hybridized carbons (Fsp3) is 0.400. The molecular formula is C20H25N3O4. The molecule has 1 fully saturated rings. The highest BCUT2D eigenvalue weighted by Gasteiger charge is 2.15. The summed E-state index contributed by atoms with van der Waals surface area (Å²) in [7, 11) is 0. The van der Waals surface area contributed by atoms with Gasteiger partial charge in [-0.05, 0) is 30.2 Å². The Hall–Kier alpha value is -2.64. The monoisotopic (exact) mass is 371 g/mol. The molecule has 0 aliphatic carbocycles. The summed E-state index contributed by atoms with van der Waals surface area (Å²) >= 11 is 0. The van der Waals surface area contributed by atoms with Crippen LogP contribution in [0.2, 0.25) is 0 Å². The molecule has 1 aliphatic heterocycles. The molecule has 2 aromatic rings. The van der Waals surface area contributed by atoms with Gasteiger partial charge >= 0.3 is 6.03 Å². The van der Waals surface area contributed by atoms with Gasteiger partial charge in [0.1, 0.15) is 0 Å². The lowest BCUT2D eigenvalue weighted by Gasteiger charge is -2.11. The highest BCUT2D eigenvalue weighted by Crippen LogP contribution is 2.12. The topological polar surface area (TPSA) is 81.6 Å². The average Bonchev–Trinajstić information content (AvgIpc) is 3.18. The fourth-order valence-corrected chi connectivity index (χ4v) is 2.86. The minimum atomic E-state index is -0.269. The van der Waals surface area contributed by atoms with E-state index in [1.54, 1.807) is 16.8 Å². The molecule has 27 heavy (non-hydrogen) atoms. The summed E-state index contributed by atoms with van der Waals surface area (Å²) in [6.07, 6.45) is 2.80. The number of carbonyl (C=O) groups is 1. The van der Waals surface area contributed by atoms with Crippen molar-refractivity contribution in [3.05, 3.63) is 64.6 Å². The van der Waals surface area contributed by atoms with E-state index in [9.17, 15) is 9.59 Å². The minimum absolute atomic E-state index is 0.0400. The van der Waals surface area contributed by atoms with Crippen molar-refractivity contribution in [1.82, 2.24) is 9.88 Å². The van der Waals surface area contributed by atoms with Gasteiger partial charge in [0.25, 0.3) is 5.56 Å². The van der Waals surface area contributed by atoms with Gasteiger partial charge in [0.2, 0.25) is 0 Å². The second-order valence-corrected chi connectivity index (χ2v) is 6.55. The predicted molar refractivity (Wildman–Crippen MR) is 103 cm³/mol. The zero-order valence-electron chi connectivity index (χ0n) is 15.2. The molecule has 0 spiro atoms. The molecule has 7 heteroatoms. The smallest absolute Gasteiger partial charge is 0.319 e. The number of urea groups is 1. The predicted octanol–water partition coefficient (Wildman–Crippen LogP) is 2.07. The molecule has 0 radical (unpaired) electrons. The lowest BCUT2D eigenvalue weighted by atomic mass is 10.1. The molecule has 1 aromatic heterocycles. The lowest BCUT2D eigenvalue weighted by molar-refractivity contribution is 0.0923. The van der Waals surface area contributed by atoms with Crippen molar-refractivity contribution in [3.8, 4) is 0 Å². The molecule has 0 bridgehead atoms.